The molecule has 5 nitrogen and oxygen atoms in total. The average molecular weight is 297 g/mol. The van der Waals surface area contributed by atoms with E-state index in [0.29, 0.717) is 13.1 Å². The molecule has 3 rings (SSSR count). The zero-order chi connectivity index (χ0) is 15.5. The maximum absolute atomic E-state index is 12.6. The molecule has 0 saturated carbocycles. The van der Waals surface area contributed by atoms with Gasteiger partial charge in [-0.05, 0) is 30.7 Å². The Morgan fingerprint density at radius 2 is 2.09 bits per heavy atom. The van der Waals surface area contributed by atoms with E-state index in [9.17, 15) is 4.79 Å². The predicted molar refractivity (Wildman–Crippen MR) is 89.0 cm³/mol. The summed E-state index contributed by atoms with van der Waals surface area (Å²) in [5, 5.41) is 6.27. The minimum absolute atomic E-state index is 0.123. The van der Waals surface area contributed by atoms with Crippen LogP contribution in [0, 0.1) is 6.92 Å². The summed E-state index contributed by atoms with van der Waals surface area (Å²) in [5.41, 5.74) is 3.64. The summed E-state index contributed by atoms with van der Waals surface area (Å²) in [5.74, 6) is 0.771. The number of rotatable bonds is 2. The first-order chi connectivity index (χ1) is 10.7. The highest BCUT2D eigenvalue weighted by atomic mass is 16.5. The van der Waals surface area contributed by atoms with Crippen molar-refractivity contribution in [1.82, 2.24) is 0 Å². The van der Waals surface area contributed by atoms with Crippen molar-refractivity contribution in [2.24, 2.45) is 0 Å². The van der Waals surface area contributed by atoms with Crippen LogP contribution >= 0.6 is 0 Å². The van der Waals surface area contributed by atoms with Gasteiger partial charge in [-0.15, -0.1) is 0 Å². The first-order valence-electron chi connectivity index (χ1n) is 7.25. The standard InChI is InChI=1S/C17H19N3O2/c1-12-5-3-4-6-14(12)19-17(21)20-10-9-18-15-11-13(22-2)7-8-16(15)20/h3-8,11,18H,9-10H2,1-2H3,(H,19,21). The predicted octanol–water partition coefficient (Wildman–Crippen LogP) is 3.47. The number of benzene rings is 2. The Labute approximate surface area is 129 Å². The van der Waals surface area contributed by atoms with E-state index in [4.69, 9.17) is 4.74 Å². The lowest BCUT2D eigenvalue weighted by atomic mass is 10.2. The lowest BCUT2D eigenvalue weighted by molar-refractivity contribution is 0.257. The molecule has 1 aliphatic rings. The summed E-state index contributed by atoms with van der Waals surface area (Å²) < 4.78 is 5.23. The van der Waals surface area contributed by atoms with E-state index >= 15 is 0 Å². The van der Waals surface area contributed by atoms with Crippen LogP contribution in [0.3, 0.4) is 0 Å². The Morgan fingerprint density at radius 1 is 1.27 bits per heavy atom. The van der Waals surface area contributed by atoms with Gasteiger partial charge < -0.3 is 15.4 Å². The highest BCUT2D eigenvalue weighted by Gasteiger charge is 2.23. The Bertz CT molecular complexity index is 700. The van der Waals surface area contributed by atoms with E-state index < -0.39 is 0 Å². The highest BCUT2D eigenvalue weighted by molar-refractivity contribution is 6.04. The molecule has 0 unspecified atom stereocenters. The smallest absolute Gasteiger partial charge is 0.326 e. The van der Waals surface area contributed by atoms with Crippen molar-refractivity contribution in [3.8, 4) is 5.75 Å². The van der Waals surface area contributed by atoms with E-state index in [-0.39, 0.29) is 6.03 Å². The summed E-state index contributed by atoms with van der Waals surface area (Å²) >= 11 is 0. The molecule has 2 aromatic rings. The second-order valence-corrected chi connectivity index (χ2v) is 5.21. The molecule has 0 aliphatic carbocycles. The summed E-state index contributed by atoms with van der Waals surface area (Å²) in [6.07, 6.45) is 0. The molecule has 1 aliphatic heterocycles. The fourth-order valence-electron chi connectivity index (χ4n) is 2.55. The summed E-state index contributed by atoms with van der Waals surface area (Å²) in [6.45, 7) is 3.31. The lowest BCUT2D eigenvalue weighted by Crippen LogP contribution is -2.41. The molecule has 0 atom stereocenters. The number of amides is 2. The molecule has 0 bridgehead atoms. The van der Waals surface area contributed by atoms with E-state index in [2.05, 4.69) is 10.6 Å². The largest absolute Gasteiger partial charge is 0.497 e. The van der Waals surface area contributed by atoms with Crippen molar-refractivity contribution in [2.75, 3.05) is 35.7 Å². The van der Waals surface area contributed by atoms with Gasteiger partial charge in [-0.3, -0.25) is 4.90 Å². The third-order valence-corrected chi connectivity index (χ3v) is 3.78. The summed E-state index contributed by atoms with van der Waals surface area (Å²) in [7, 11) is 1.63. The van der Waals surface area contributed by atoms with E-state index in [1.165, 1.54) is 0 Å². The second-order valence-electron chi connectivity index (χ2n) is 5.21. The van der Waals surface area contributed by atoms with Gasteiger partial charge in [-0.2, -0.15) is 0 Å². The fourth-order valence-corrected chi connectivity index (χ4v) is 2.55. The van der Waals surface area contributed by atoms with Crippen LogP contribution < -0.4 is 20.3 Å². The number of fused-ring (bicyclic) bond motifs is 1. The molecule has 2 amide bonds. The number of anilines is 3. The normalized spacial score (nSPS) is 13.1. The van der Waals surface area contributed by atoms with Crippen LogP contribution in [0.4, 0.5) is 21.9 Å². The zero-order valence-corrected chi connectivity index (χ0v) is 12.7. The molecule has 2 aromatic carbocycles. The lowest BCUT2D eigenvalue weighted by Gasteiger charge is -2.30. The number of nitrogens with zero attached hydrogens (tertiary/aromatic N) is 1. The molecule has 2 N–H and O–H groups in total. The first-order valence-corrected chi connectivity index (χ1v) is 7.25. The maximum atomic E-state index is 12.6. The Balaban J connectivity index is 1.84. The molecule has 0 spiro atoms. The fraction of sp³-hybridized carbons (Fsp3) is 0.235. The number of hydrogen-bond donors (Lipinski definition) is 2. The number of methoxy groups -OCH3 is 1. The highest BCUT2D eigenvalue weighted by Crippen LogP contribution is 2.33. The van der Waals surface area contributed by atoms with Crippen LogP contribution in [0.1, 0.15) is 5.56 Å². The van der Waals surface area contributed by atoms with Crippen LogP contribution in [0.5, 0.6) is 5.75 Å². The SMILES string of the molecule is COc1ccc2c(c1)NCCN2C(=O)Nc1ccccc1C. The van der Waals surface area contributed by atoms with Crippen molar-refractivity contribution < 1.29 is 9.53 Å². The Morgan fingerprint density at radius 3 is 2.86 bits per heavy atom. The van der Waals surface area contributed by atoms with E-state index in [0.717, 1.165) is 28.4 Å². The maximum Gasteiger partial charge on any atom is 0.326 e. The molecule has 1 heterocycles. The zero-order valence-electron chi connectivity index (χ0n) is 12.7. The van der Waals surface area contributed by atoms with Gasteiger partial charge in [0, 0.05) is 24.8 Å². The molecule has 0 saturated heterocycles. The molecule has 114 valence electrons. The van der Waals surface area contributed by atoms with Crippen LogP contribution in [-0.2, 0) is 0 Å². The van der Waals surface area contributed by atoms with Crippen LogP contribution in [0.15, 0.2) is 42.5 Å². The Kier molecular flexibility index (Phi) is 3.87. The van der Waals surface area contributed by atoms with Gasteiger partial charge in [0.25, 0.3) is 0 Å². The van der Waals surface area contributed by atoms with Crippen molar-refractivity contribution >= 4 is 23.1 Å². The van der Waals surface area contributed by atoms with Gasteiger partial charge in [0.1, 0.15) is 5.75 Å². The van der Waals surface area contributed by atoms with E-state index in [1.54, 1.807) is 12.0 Å². The topological polar surface area (TPSA) is 53.6 Å². The first kappa shape index (κ1) is 14.3. The van der Waals surface area contributed by atoms with Crippen molar-refractivity contribution in [3.63, 3.8) is 0 Å². The third kappa shape index (κ3) is 2.70. The number of urea groups is 1. The molecular weight excluding hydrogens is 278 g/mol. The summed E-state index contributed by atoms with van der Waals surface area (Å²) in [4.78, 5) is 14.3. The quantitative estimate of drug-likeness (QED) is 0.892. The average Bonchev–Trinajstić information content (AvgIpc) is 2.55. The third-order valence-electron chi connectivity index (χ3n) is 3.78. The monoisotopic (exact) mass is 297 g/mol. The molecule has 5 heteroatoms. The minimum Gasteiger partial charge on any atom is -0.497 e. The molecule has 22 heavy (non-hydrogen) atoms. The van der Waals surface area contributed by atoms with E-state index in [1.807, 2.05) is 49.4 Å². The van der Waals surface area contributed by atoms with Gasteiger partial charge in [0.15, 0.2) is 0 Å². The number of ether oxygens (including phenoxy) is 1. The van der Waals surface area contributed by atoms with Crippen LogP contribution in [0.2, 0.25) is 0 Å². The summed E-state index contributed by atoms with van der Waals surface area (Å²) in [6, 6.07) is 13.3. The molecule has 0 aromatic heterocycles. The van der Waals surface area contributed by atoms with Gasteiger partial charge in [-0.25, -0.2) is 4.79 Å². The molecule has 0 fully saturated rings. The van der Waals surface area contributed by atoms with Gasteiger partial charge in [0.05, 0.1) is 18.5 Å². The van der Waals surface area contributed by atoms with Gasteiger partial charge in [0.2, 0.25) is 0 Å². The number of nitrogens with one attached hydrogen (secondary N) is 2. The minimum atomic E-state index is -0.123. The van der Waals surface area contributed by atoms with Gasteiger partial charge in [-0.1, -0.05) is 18.2 Å². The molecular formula is C17H19N3O2. The Hall–Kier alpha value is -2.69. The number of aryl methyl sites for hydroxylation is 1. The van der Waals surface area contributed by atoms with Crippen LogP contribution in [-0.4, -0.2) is 26.2 Å². The van der Waals surface area contributed by atoms with Gasteiger partial charge >= 0.3 is 6.03 Å². The van der Waals surface area contributed by atoms with Crippen molar-refractivity contribution in [3.05, 3.63) is 48.0 Å². The van der Waals surface area contributed by atoms with Crippen molar-refractivity contribution in [1.29, 1.82) is 0 Å². The number of hydrogen-bond acceptors (Lipinski definition) is 3. The molecule has 0 radical (unpaired) electrons. The number of carbonyl (C=O) groups is 1. The number of carbonyl (C=O) groups excluding carboxylic acids is 1. The number of para-hydroxylation sites is 1. The second kappa shape index (κ2) is 5.97. The van der Waals surface area contributed by atoms with Crippen LogP contribution in [0.25, 0.3) is 0 Å². The van der Waals surface area contributed by atoms with Crippen molar-refractivity contribution in [2.45, 2.75) is 6.92 Å².